The average Bonchev–Trinajstić information content (AvgIpc) is 3.03. The molecule has 2 aromatic rings. The number of carbonyl (C=O) groups is 1. The third-order valence-electron chi connectivity index (χ3n) is 4.16. The van der Waals surface area contributed by atoms with Gasteiger partial charge < -0.3 is 10.6 Å². The maximum Gasteiger partial charge on any atom is 0.274 e. The fraction of sp³-hybridized carbons (Fsp3) is 0.333. The second kappa shape index (κ2) is 7.01. The van der Waals surface area contributed by atoms with Crippen LogP contribution in [0, 0.1) is 6.92 Å². The van der Waals surface area contributed by atoms with Crippen molar-refractivity contribution in [3.05, 3.63) is 52.8 Å². The quantitative estimate of drug-likeness (QED) is 0.858. The van der Waals surface area contributed by atoms with Gasteiger partial charge in [-0.3, -0.25) is 9.78 Å². The van der Waals surface area contributed by atoms with Crippen molar-refractivity contribution in [1.29, 1.82) is 0 Å². The van der Waals surface area contributed by atoms with Gasteiger partial charge in [0.05, 0.1) is 0 Å². The van der Waals surface area contributed by atoms with E-state index < -0.39 is 0 Å². The molecule has 0 saturated heterocycles. The highest BCUT2D eigenvalue weighted by Gasteiger charge is 2.15. The van der Waals surface area contributed by atoms with Gasteiger partial charge >= 0.3 is 0 Å². The summed E-state index contributed by atoms with van der Waals surface area (Å²) in [5, 5.41) is 7.02. The molecular weight excluding hydrogens is 310 g/mol. The van der Waals surface area contributed by atoms with E-state index in [9.17, 15) is 4.79 Å². The molecule has 3 rings (SSSR count). The Morgan fingerprint density at radius 1 is 1.22 bits per heavy atom. The van der Waals surface area contributed by atoms with Crippen molar-refractivity contribution in [3.8, 4) is 0 Å². The highest BCUT2D eigenvalue weighted by molar-refractivity contribution is 6.30. The third-order valence-corrected chi connectivity index (χ3v) is 4.39. The van der Waals surface area contributed by atoms with Crippen LogP contribution in [0.5, 0.6) is 0 Å². The third kappa shape index (κ3) is 4.02. The van der Waals surface area contributed by atoms with Gasteiger partial charge in [0.1, 0.15) is 5.69 Å². The summed E-state index contributed by atoms with van der Waals surface area (Å²) in [6.45, 7) is 1.91. The molecule has 1 aliphatic rings. The summed E-state index contributed by atoms with van der Waals surface area (Å²) in [6.07, 6.45) is 6.58. The fourth-order valence-corrected chi connectivity index (χ4v) is 3.13. The van der Waals surface area contributed by atoms with Crippen LogP contribution in [0.4, 0.5) is 11.4 Å². The van der Waals surface area contributed by atoms with Crippen LogP contribution in [0.25, 0.3) is 0 Å². The lowest BCUT2D eigenvalue weighted by Crippen LogP contribution is -2.17. The molecule has 1 fully saturated rings. The van der Waals surface area contributed by atoms with E-state index in [1.54, 1.807) is 24.4 Å². The van der Waals surface area contributed by atoms with Crippen LogP contribution >= 0.6 is 11.6 Å². The number of aryl methyl sites for hydroxylation is 1. The van der Waals surface area contributed by atoms with Crippen LogP contribution in [-0.2, 0) is 0 Å². The number of rotatable bonds is 4. The van der Waals surface area contributed by atoms with Gasteiger partial charge in [0.2, 0.25) is 0 Å². The SMILES string of the molecule is Cc1cc(Cl)ccc1NC(=O)c1cc(NC2CCCC2)ccn1. The Hall–Kier alpha value is -2.07. The number of carbonyl (C=O) groups excluding carboxylic acids is 1. The molecule has 0 radical (unpaired) electrons. The lowest BCUT2D eigenvalue weighted by atomic mass is 10.2. The molecule has 23 heavy (non-hydrogen) atoms. The Kier molecular flexibility index (Phi) is 4.82. The van der Waals surface area contributed by atoms with Gasteiger partial charge in [-0.1, -0.05) is 24.4 Å². The Labute approximate surface area is 141 Å². The second-order valence-electron chi connectivity index (χ2n) is 5.97. The predicted molar refractivity (Wildman–Crippen MR) is 94.3 cm³/mol. The smallest absolute Gasteiger partial charge is 0.274 e. The molecule has 1 aromatic heterocycles. The standard InChI is InChI=1S/C18H20ClN3O/c1-12-10-13(19)6-7-16(12)22-18(23)17-11-15(8-9-20-17)21-14-4-2-3-5-14/h6-11,14H,2-5H2,1H3,(H,20,21)(H,22,23). The van der Waals surface area contributed by atoms with Crippen LogP contribution in [0.2, 0.25) is 5.02 Å². The molecule has 2 N–H and O–H groups in total. The van der Waals surface area contributed by atoms with E-state index in [0.717, 1.165) is 16.9 Å². The van der Waals surface area contributed by atoms with Crippen molar-refractivity contribution in [1.82, 2.24) is 4.98 Å². The second-order valence-corrected chi connectivity index (χ2v) is 6.41. The Morgan fingerprint density at radius 3 is 2.74 bits per heavy atom. The number of anilines is 2. The summed E-state index contributed by atoms with van der Waals surface area (Å²) >= 11 is 5.94. The first-order valence-electron chi connectivity index (χ1n) is 7.92. The molecule has 1 aliphatic carbocycles. The molecule has 0 unspecified atom stereocenters. The van der Waals surface area contributed by atoms with Gasteiger partial charge in [-0.25, -0.2) is 0 Å². The molecule has 120 valence electrons. The van der Waals surface area contributed by atoms with Crippen LogP contribution < -0.4 is 10.6 Å². The summed E-state index contributed by atoms with van der Waals surface area (Å²) < 4.78 is 0. The Balaban J connectivity index is 1.71. The van der Waals surface area contributed by atoms with Gasteiger partial charge in [-0.05, 0) is 55.7 Å². The normalized spacial score (nSPS) is 14.7. The fourth-order valence-electron chi connectivity index (χ4n) is 2.90. The minimum atomic E-state index is -0.217. The number of hydrogen-bond donors (Lipinski definition) is 2. The zero-order valence-electron chi connectivity index (χ0n) is 13.1. The zero-order chi connectivity index (χ0) is 16.2. The van der Waals surface area contributed by atoms with Crippen molar-refractivity contribution in [2.75, 3.05) is 10.6 Å². The number of halogens is 1. The van der Waals surface area contributed by atoms with Gasteiger partial charge in [0.25, 0.3) is 5.91 Å². The first-order valence-corrected chi connectivity index (χ1v) is 8.30. The molecule has 0 aliphatic heterocycles. The van der Waals surface area contributed by atoms with Crippen LogP contribution in [-0.4, -0.2) is 16.9 Å². The maximum absolute atomic E-state index is 12.4. The Morgan fingerprint density at radius 2 is 2.00 bits per heavy atom. The van der Waals surface area contributed by atoms with E-state index in [2.05, 4.69) is 15.6 Å². The molecule has 1 saturated carbocycles. The lowest BCUT2D eigenvalue weighted by Gasteiger charge is -2.14. The summed E-state index contributed by atoms with van der Waals surface area (Å²) in [5.41, 5.74) is 3.02. The Bertz CT molecular complexity index is 711. The van der Waals surface area contributed by atoms with Crippen molar-refractivity contribution >= 4 is 28.9 Å². The maximum atomic E-state index is 12.4. The summed E-state index contributed by atoms with van der Waals surface area (Å²) in [4.78, 5) is 16.6. The predicted octanol–water partition coefficient (Wildman–Crippen LogP) is 4.65. The molecule has 1 amide bonds. The minimum Gasteiger partial charge on any atom is -0.382 e. The average molecular weight is 330 g/mol. The minimum absolute atomic E-state index is 0.217. The van der Waals surface area contributed by atoms with E-state index in [4.69, 9.17) is 11.6 Å². The molecule has 1 heterocycles. The molecule has 5 heteroatoms. The highest BCUT2D eigenvalue weighted by Crippen LogP contribution is 2.23. The van der Waals surface area contributed by atoms with Crippen molar-refractivity contribution < 1.29 is 4.79 Å². The highest BCUT2D eigenvalue weighted by atomic mass is 35.5. The molecule has 4 nitrogen and oxygen atoms in total. The van der Waals surface area contributed by atoms with Gasteiger partial charge in [0, 0.05) is 28.6 Å². The topological polar surface area (TPSA) is 54.0 Å². The number of aromatic nitrogens is 1. The van der Waals surface area contributed by atoms with E-state index >= 15 is 0 Å². The lowest BCUT2D eigenvalue weighted by molar-refractivity contribution is 0.102. The monoisotopic (exact) mass is 329 g/mol. The summed E-state index contributed by atoms with van der Waals surface area (Å²) in [6, 6.07) is 9.60. The first kappa shape index (κ1) is 15.8. The van der Waals surface area contributed by atoms with Crippen molar-refractivity contribution in [3.63, 3.8) is 0 Å². The number of amides is 1. The molecule has 0 bridgehead atoms. The van der Waals surface area contributed by atoms with E-state index in [1.807, 2.05) is 19.1 Å². The van der Waals surface area contributed by atoms with E-state index in [-0.39, 0.29) is 5.91 Å². The van der Waals surface area contributed by atoms with Crippen LogP contribution in [0.15, 0.2) is 36.5 Å². The summed E-state index contributed by atoms with van der Waals surface area (Å²) in [5.74, 6) is -0.217. The molecular formula is C18H20ClN3O. The molecule has 1 aromatic carbocycles. The molecule has 0 atom stereocenters. The van der Waals surface area contributed by atoms with E-state index in [1.165, 1.54) is 25.7 Å². The van der Waals surface area contributed by atoms with Gasteiger partial charge in [-0.15, -0.1) is 0 Å². The number of nitrogens with zero attached hydrogens (tertiary/aromatic N) is 1. The van der Waals surface area contributed by atoms with Crippen molar-refractivity contribution in [2.45, 2.75) is 38.6 Å². The van der Waals surface area contributed by atoms with Crippen molar-refractivity contribution in [2.24, 2.45) is 0 Å². The van der Waals surface area contributed by atoms with Crippen LogP contribution in [0.3, 0.4) is 0 Å². The number of benzene rings is 1. The number of nitrogens with one attached hydrogen (secondary N) is 2. The number of hydrogen-bond acceptors (Lipinski definition) is 3. The van der Waals surface area contributed by atoms with Gasteiger partial charge in [0.15, 0.2) is 0 Å². The van der Waals surface area contributed by atoms with Crippen LogP contribution in [0.1, 0.15) is 41.7 Å². The van der Waals surface area contributed by atoms with Gasteiger partial charge in [-0.2, -0.15) is 0 Å². The first-order chi connectivity index (χ1) is 11.1. The summed E-state index contributed by atoms with van der Waals surface area (Å²) in [7, 11) is 0. The number of pyridine rings is 1. The molecule has 0 spiro atoms. The largest absolute Gasteiger partial charge is 0.382 e. The van der Waals surface area contributed by atoms with E-state index in [0.29, 0.717) is 16.8 Å². The zero-order valence-corrected chi connectivity index (χ0v) is 13.9.